The second-order valence-corrected chi connectivity index (χ2v) is 3.21. The number of hydrogen-bond donors (Lipinski definition) is 1. The average molecular weight is 170 g/mol. The molecular formula is C7H8ClN3. The van der Waals surface area contributed by atoms with Crippen LogP contribution in [0.25, 0.3) is 0 Å². The van der Waals surface area contributed by atoms with Crippen LogP contribution in [0.3, 0.4) is 0 Å². The molecule has 0 aromatic carbocycles. The first-order valence-electron chi connectivity index (χ1n) is 3.49. The molecular weight excluding hydrogens is 162 g/mol. The highest BCUT2D eigenvalue weighted by atomic mass is 35.5. The predicted octanol–water partition coefficient (Wildman–Crippen LogP) is 1.08. The van der Waals surface area contributed by atoms with Gasteiger partial charge in [0.15, 0.2) is 0 Å². The van der Waals surface area contributed by atoms with E-state index in [1.54, 1.807) is 6.20 Å². The molecule has 0 aliphatic heterocycles. The Kier molecular flexibility index (Phi) is 1.37. The third kappa shape index (κ3) is 1.21. The SMILES string of the molecule is NC1(c2ccnc(Cl)n2)CC1. The molecule has 1 saturated carbocycles. The number of hydrogen-bond acceptors (Lipinski definition) is 3. The lowest BCUT2D eigenvalue weighted by atomic mass is 10.2. The summed E-state index contributed by atoms with van der Waals surface area (Å²) >= 11 is 5.60. The van der Waals surface area contributed by atoms with Crippen molar-refractivity contribution in [3.05, 3.63) is 23.2 Å². The molecule has 0 unspecified atom stereocenters. The van der Waals surface area contributed by atoms with Gasteiger partial charge in [0, 0.05) is 6.20 Å². The lowest BCUT2D eigenvalue weighted by Crippen LogP contribution is -2.20. The average Bonchev–Trinajstić information content (AvgIpc) is 2.70. The smallest absolute Gasteiger partial charge is 0.222 e. The molecule has 2 N–H and O–H groups in total. The van der Waals surface area contributed by atoms with E-state index in [2.05, 4.69) is 9.97 Å². The molecule has 1 aromatic heterocycles. The van der Waals surface area contributed by atoms with Gasteiger partial charge in [-0.05, 0) is 30.5 Å². The van der Waals surface area contributed by atoms with Gasteiger partial charge in [0.1, 0.15) is 0 Å². The van der Waals surface area contributed by atoms with Crippen LogP contribution in [0.1, 0.15) is 18.5 Å². The molecule has 0 spiro atoms. The van der Waals surface area contributed by atoms with Gasteiger partial charge in [-0.1, -0.05) is 0 Å². The number of nitrogens with two attached hydrogens (primary N) is 1. The van der Waals surface area contributed by atoms with Gasteiger partial charge in [0.2, 0.25) is 5.28 Å². The molecule has 1 aliphatic rings. The third-order valence-electron chi connectivity index (χ3n) is 1.92. The van der Waals surface area contributed by atoms with Crippen LogP contribution in [0.15, 0.2) is 12.3 Å². The minimum atomic E-state index is -0.202. The third-order valence-corrected chi connectivity index (χ3v) is 2.11. The van der Waals surface area contributed by atoms with E-state index in [0.29, 0.717) is 0 Å². The van der Waals surface area contributed by atoms with Crippen molar-refractivity contribution < 1.29 is 0 Å². The Morgan fingerprint density at radius 1 is 1.55 bits per heavy atom. The Bertz CT molecular complexity index is 283. The summed E-state index contributed by atoms with van der Waals surface area (Å²) < 4.78 is 0. The van der Waals surface area contributed by atoms with Gasteiger partial charge in [-0.2, -0.15) is 0 Å². The molecule has 11 heavy (non-hydrogen) atoms. The topological polar surface area (TPSA) is 51.8 Å². The van der Waals surface area contributed by atoms with Gasteiger partial charge in [-0.3, -0.25) is 0 Å². The molecule has 0 saturated heterocycles. The van der Waals surface area contributed by atoms with Crippen LogP contribution in [0.4, 0.5) is 0 Å². The highest BCUT2D eigenvalue weighted by Crippen LogP contribution is 2.41. The Morgan fingerprint density at radius 2 is 2.27 bits per heavy atom. The van der Waals surface area contributed by atoms with E-state index in [1.807, 2.05) is 6.07 Å². The molecule has 1 aliphatic carbocycles. The van der Waals surface area contributed by atoms with Gasteiger partial charge in [0.05, 0.1) is 11.2 Å². The fourth-order valence-corrected chi connectivity index (χ4v) is 1.15. The maximum Gasteiger partial charge on any atom is 0.222 e. The lowest BCUT2D eigenvalue weighted by Gasteiger charge is -2.05. The zero-order valence-electron chi connectivity index (χ0n) is 5.92. The van der Waals surface area contributed by atoms with Crippen molar-refractivity contribution in [2.24, 2.45) is 5.73 Å². The molecule has 3 nitrogen and oxygen atoms in total. The molecule has 4 heteroatoms. The van der Waals surface area contributed by atoms with Gasteiger partial charge in [-0.15, -0.1) is 0 Å². The number of nitrogens with zero attached hydrogens (tertiary/aromatic N) is 2. The van der Waals surface area contributed by atoms with Gasteiger partial charge >= 0.3 is 0 Å². The molecule has 58 valence electrons. The summed E-state index contributed by atoms with van der Waals surface area (Å²) in [5.41, 5.74) is 6.54. The van der Waals surface area contributed by atoms with Crippen LogP contribution in [0.5, 0.6) is 0 Å². The summed E-state index contributed by atoms with van der Waals surface area (Å²) in [5.74, 6) is 0. The van der Waals surface area contributed by atoms with Crippen molar-refractivity contribution in [3.63, 3.8) is 0 Å². The molecule has 1 heterocycles. The number of rotatable bonds is 1. The molecule has 1 aromatic rings. The molecule has 2 rings (SSSR count). The summed E-state index contributed by atoms with van der Waals surface area (Å²) in [6, 6.07) is 1.82. The van der Waals surface area contributed by atoms with Crippen molar-refractivity contribution in [2.75, 3.05) is 0 Å². The maximum absolute atomic E-state index is 5.89. The van der Waals surface area contributed by atoms with E-state index in [0.717, 1.165) is 18.5 Å². The van der Waals surface area contributed by atoms with E-state index < -0.39 is 0 Å². The van der Waals surface area contributed by atoms with Crippen LogP contribution in [0, 0.1) is 0 Å². The van der Waals surface area contributed by atoms with Crippen LogP contribution >= 0.6 is 11.6 Å². The first kappa shape index (κ1) is 7.00. The van der Waals surface area contributed by atoms with E-state index in [4.69, 9.17) is 17.3 Å². The summed E-state index contributed by atoms with van der Waals surface area (Å²) in [6.45, 7) is 0. The largest absolute Gasteiger partial charge is 0.320 e. The van der Waals surface area contributed by atoms with Gasteiger partial charge in [-0.25, -0.2) is 9.97 Å². The van der Waals surface area contributed by atoms with Crippen molar-refractivity contribution in [1.29, 1.82) is 0 Å². The van der Waals surface area contributed by atoms with E-state index in [9.17, 15) is 0 Å². The van der Waals surface area contributed by atoms with E-state index in [-0.39, 0.29) is 10.8 Å². The standard InChI is InChI=1S/C7H8ClN3/c8-6-10-4-1-5(11-6)7(9)2-3-7/h1,4H,2-3,9H2. The van der Waals surface area contributed by atoms with E-state index in [1.165, 1.54) is 0 Å². The Morgan fingerprint density at radius 3 is 2.82 bits per heavy atom. The second kappa shape index (κ2) is 2.16. The minimum absolute atomic E-state index is 0.202. The molecule has 0 bridgehead atoms. The Hall–Kier alpha value is -0.670. The van der Waals surface area contributed by atoms with Crippen LogP contribution in [-0.4, -0.2) is 9.97 Å². The number of halogens is 1. The molecule has 0 amide bonds. The quantitative estimate of drug-likeness (QED) is 0.640. The summed E-state index contributed by atoms with van der Waals surface area (Å²) in [5, 5.41) is 0.277. The summed E-state index contributed by atoms with van der Waals surface area (Å²) in [6.07, 6.45) is 3.64. The van der Waals surface area contributed by atoms with Crippen molar-refractivity contribution in [1.82, 2.24) is 9.97 Å². The lowest BCUT2D eigenvalue weighted by molar-refractivity contribution is 0.703. The zero-order chi connectivity index (χ0) is 7.90. The molecule has 0 radical (unpaired) electrons. The summed E-state index contributed by atoms with van der Waals surface area (Å²) in [7, 11) is 0. The first-order chi connectivity index (χ1) is 5.21. The van der Waals surface area contributed by atoms with Crippen molar-refractivity contribution >= 4 is 11.6 Å². The normalized spacial score (nSPS) is 19.8. The molecule has 0 atom stereocenters. The van der Waals surface area contributed by atoms with Crippen molar-refractivity contribution in [2.45, 2.75) is 18.4 Å². The van der Waals surface area contributed by atoms with Gasteiger partial charge < -0.3 is 5.73 Å². The monoisotopic (exact) mass is 169 g/mol. The fourth-order valence-electron chi connectivity index (χ4n) is 1.00. The number of aromatic nitrogens is 2. The summed E-state index contributed by atoms with van der Waals surface area (Å²) in [4.78, 5) is 7.82. The Balaban J connectivity index is 2.38. The minimum Gasteiger partial charge on any atom is -0.320 e. The van der Waals surface area contributed by atoms with Crippen LogP contribution in [-0.2, 0) is 5.54 Å². The second-order valence-electron chi connectivity index (χ2n) is 2.87. The van der Waals surface area contributed by atoms with Gasteiger partial charge in [0.25, 0.3) is 0 Å². The first-order valence-corrected chi connectivity index (χ1v) is 3.86. The predicted molar refractivity (Wildman–Crippen MR) is 42.1 cm³/mol. The fraction of sp³-hybridized carbons (Fsp3) is 0.429. The van der Waals surface area contributed by atoms with Crippen LogP contribution < -0.4 is 5.73 Å². The highest BCUT2D eigenvalue weighted by molar-refractivity contribution is 6.28. The molecule has 1 fully saturated rings. The van der Waals surface area contributed by atoms with Crippen molar-refractivity contribution in [3.8, 4) is 0 Å². The van der Waals surface area contributed by atoms with Crippen LogP contribution in [0.2, 0.25) is 5.28 Å². The highest BCUT2D eigenvalue weighted by Gasteiger charge is 2.41. The zero-order valence-corrected chi connectivity index (χ0v) is 6.67. The maximum atomic E-state index is 5.89. The van der Waals surface area contributed by atoms with E-state index >= 15 is 0 Å². The Labute approximate surface area is 69.6 Å².